The van der Waals surface area contributed by atoms with Gasteiger partial charge in [-0.15, -0.1) is 0 Å². The lowest BCUT2D eigenvalue weighted by molar-refractivity contribution is 0.996. The Balaban J connectivity index is 4.89. The zero-order valence-corrected chi connectivity index (χ0v) is 39.7. The van der Waals surface area contributed by atoms with Crippen molar-refractivity contribution in [2.45, 2.75) is 152 Å². The number of hydrogen-bond donors (Lipinski definition) is 0. The molecule has 1 aromatic rings. The Labute approximate surface area is 262 Å². The molecule has 0 aliphatic rings. The highest BCUT2D eigenvalue weighted by atomic mass is 31.1. The van der Waals surface area contributed by atoms with E-state index in [1.54, 1.807) is 0 Å². The second kappa shape index (κ2) is 11.8. The Kier molecular flexibility index (Phi) is 11.6. The molecule has 0 aromatic heterocycles. The van der Waals surface area contributed by atoms with Gasteiger partial charge in [0.2, 0.25) is 0 Å². The standard InChI is InChI=1S/C32H73PSi7/c1-33(2)29-27(30(34(3,4)5)35(6,7)8)24-26(25-28(29)31(36(9,10)11)37(12,13)14)32(38(15,16)17,39(18,19)20)40(21,22)23/h24-25,30-31H,1-23H3. The number of hydrogen-bond acceptors (Lipinski definition) is 0. The molecule has 0 saturated carbocycles. The highest BCUT2D eigenvalue weighted by Crippen LogP contribution is 2.52. The molecule has 40 heavy (non-hydrogen) atoms. The Bertz CT molecular complexity index is 911. The van der Waals surface area contributed by atoms with Gasteiger partial charge in [0.15, 0.2) is 0 Å². The Morgan fingerprint density at radius 1 is 0.450 bits per heavy atom. The molecule has 0 spiro atoms. The summed E-state index contributed by atoms with van der Waals surface area (Å²) in [5.41, 5.74) is 5.56. The third-order valence-corrected chi connectivity index (χ3v) is 50.6. The topological polar surface area (TPSA) is 0 Å². The van der Waals surface area contributed by atoms with E-state index < -0.39 is 56.5 Å². The summed E-state index contributed by atoms with van der Waals surface area (Å²) in [6, 6.07) is 5.89. The van der Waals surface area contributed by atoms with Crippen LogP contribution in [0.2, 0.25) is 137 Å². The van der Waals surface area contributed by atoms with E-state index >= 15 is 0 Å². The molecule has 0 radical (unpaired) electrons. The molecule has 0 fully saturated rings. The first-order valence-corrected chi connectivity index (χ1v) is 43.1. The van der Waals surface area contributed by atoms with Crippen LogP contribution >= 0.6 is 7.92 Å². The van der Waals surface area contributed by atoms with Crippen LogP contribution in [0.4, 0.5) is 0 Å². The fraction of sp³-hybridized carbons (Fsp3) is 0.812. The maximum absolute atomic E-state index is 2.95. The summed E-state index contributed by atoms with van der Waals surface area (Å²) in [7, 11) is -11.0. The van der Waals surface area contributed by atoms with Crippen LogP contribution in [0.25, 0.3) is 0 Å². The predicted molar refractivity (Wildman–Crippen MR) is 215 cm³/mol. The van der Waals surface area contributed by atoms with Gasteiger partial charge in [-0.05, 0) is 49.9 Å². The second-order valence-corrected chi connectivity index (χ2v) is 62.6. The van der Waals surface area contributed by atoms with Gasteiger partial charge in [0, 0.05) is 56.5 Å². The van der Waals surface area contributed by atoms with Crippen molar-refractivity contribution >= 4 is 69.7 Å². The van der Waals surface area contributed by atoms with Crippen LogP contribution in [-0.4, -0.2) is 69.8 Å². The van der Waals surface area contributed by atoms with Crippen LogP contribution in [0.1, 0.15) is 27.0 Å². The zero-order valence-electron chi connectivity index (χ0n) is 31.8. The summed E-state index contributed by atoms with van der Waals surface area (Å²) in [6.45, 7) is 62.2. The lowest BCUT2D eigenvalue weighted by Crippen LogP contribution is -2.74. The van der Waals surface area contributed by atoms with Gasteiger partial charge in [-0.25, -0.2) is 0 Å². The maximum atomic E-state index is 2.95. The SMILES string of the molecule is CP(C)c1c(C([Si](C)(C)C)[Si](C)(C)C)cc(C([Si](C)(C)C)([Si](C)(C)C)[Si](C)(C)C)cc1C([Si](C)(C)C)[Si](C)(C)C. The van der Waals surface area contributed by atoms with Crippen LogP contribution in [-0.2, 0) is 4.28 Å². The van der Waals surface area contributed by atoms with E-state index in [1.807, 2.05) is 22.0 Å². The summed E-state index contributed by atoms with van der Waals surface area (Å²) in [5, 5.41) is 3.45. The minimum atomic E-state index is -1.62. The molecule has 1 rings (SSSR count). The molecule has 0 atom stereocenters. The third kappa shape index (κ3) is 7.68. The maximum Gasteiger partial charge on any atom is 0.0499 e. The van der Waals surface area contributed by atoms with E-state index in [0.717, 1.165) is 10.3 Å². The molecule has 0 unspecified atom stereocenters. The second-order valence-electron chi connectivity index (χ2n) is 20.7. The summed E-state index contributed by atoms with van der Waals surface area (Å²) in [6.07, 6.45) is 0. The van der Waals surface area contributed by atoms with Gasteiger partial charge in [-0.3, -0.25) is 0 Å². The normalized spacial score (nSPS) is 15.6. The molecule has 0 N–H and O–H groups in total. The van der Waals surface area contributed by atoms with E-state index in [0.29, 0.717) is 4.28 Å². The fourth-order valence-electron chi connectivity index (χ4n) is 11.0. The number of benzene rings is 1. The molecule has 0 nitrogen and oxygen atoms in total. The van der Waals surface area contributed by atoms with E-state index in [2.05, 4.69) is 163 Å². The first kappa shape index (κ1) is 39.2. The van der Waals surface area contributed by atoms with Crippen molar-refractivity contribution in [3.8, 4) is 0 Å². The smallest absolute Gasteiger partial charge is 0.0499 e. The van der Waals surface area contributed by atoms with Crippen molar-refractivity contribution in [1.82, 2.24) is 0 Å². The van der Waals surface area contributed by atoms with Gasteiger partial charge in [0.25, 0.3) is 0 Å². The summed E-state index contributed by atoms with van der Waals surface area (Å²) in [4.78, 5) is 0. The Morgan fingerprint density at radius 2 is 0.675 bits per heavy atom. The van der Waals surface area contributed by atoms with Crippen LogP contribution < -0.4 is 5.30 Å². The van der Waals surface area contributed by atoms with Crippen LogP contribution in [0, 0.1) is 0 Å². The molecule has 0 bridgehead atoms. The largest absolute Gasteiger partial charge is 0.0811 e. The van der Waals surface area contributed by atoms with Crippen LogP contribution in [0.3, 0.4) is 0 Å². The molecule has 0 aliphatic heterocycles. The van der Waals surface area contributed by atoms with Crippen molar-refractivity contribution in [3.63, 3.8) is 0 Å². The molecule has 1 aromatic carbocycles. The minimum absolute atomic E-state index is 0.200. The summed E-state index contributed by atoms with van der Waals surface area (Å²) in [5.74, 6) is 0. The molecule has 0 amide bonds. The minimum Gasteiger partial charge on any atom is -0.0811 e. The van der Waals surface area contributed by atoms with E-state index in [1.165, 1.54) is 0 Å². The van der Waals surface area contributed by atoms with Crippen LogP contribution in [0.15, 0.2) is 12.1 Å². The first-order chi connectivity index (χ1) is 17.1. The van der Waals surface area contributed by atoms with Gasteiger partial charge in [-0.1, -0.05) is 158 Å². The van der Waals surface area contributed by atoms with Crippen molar-refractivity contribution in [2.75, 3.05) is 13.3 Å². The van der Waals surface area contributed by atoms with Gasteiger partial charge in [-0.2, -0.15) is 0 Å². The molecular weight excluding hydrogens is 612 g/mol. The fourth-order valence-corrected chi connectivity index (χ4v) is 68.4. The Morgan fingerprint density at radius 3 is 0.825 bits per heavy atom. The molecule has 0 aliphatic carbocycles. The van der Waals surface area contributed by atoms with Crippen molar-refractivity contribution in [3.05, 3.63) is 28.8 Å². The lowest BCUT2D eigenvalue weighted by atomic mass is 10.1. The van der Waals surface area contributed by atoms with E-state index in [9.17, 15) is 0 Å². The Hall–Kier alpha value is 1.17. The molecule has 0 saturated heterocycles. The third-order valence-electron chi connectivity index (χ3n) is 9.51. The van der Waals surface area contributed by atoms with Gasteiger partial charge in [0.1, 0.15) is 0 Å². The predicted octanol–water partition coefficient (Wildman–Crippen LogP) is 11.6. The molecule has 8 heteroatoms. The van der Waals surface area contributed by atoms with Crippen molar-refractivity contribution < 1.29 is 0 Å². The number of rotatable bonds is 11. The molecule has 234 valence electrons. The zero-order chi connectivity index (χ0) is 32.5. The first-order valence-electron chi connectivity index (χ1n) is 16.0. The van der Waals surface area contributed by atoms with Gasteiger partial charge in [0.05, 0.1) is 0 Å². The van der Waals surface area contributed by atoms with Gasteiger partial charge < -0.3 is 0 Å². The highest BCUT2D eigenvalue weighted by Gasteiger charge is 2.61. The van der Waals surface area contributed by atoms with Crippen LogP contribution in [0.5, 0.6) is 0 Å². The molecular formula is C32H73PSi7. The van der Waals surface area contributed by atoms with Gasteiger partial charge >= 0.3 is 0 Å². The monoisotopic (exact) mass is 684 g/mol. The molecule has 0 heterocycles. The van der Waals surface area contributed by atoms with E-state index in [4.69, 9.17) is 0 Å². The summed E-state index contributed by atoms with van der Waals surface area (Å²) >= 11 is 0. The van der Waals surface area contributed by atoms with E-state index in [-0.39, 0.29) is 7.92 Å². The summed E-state index contributed by atoms with van der Waals surface area (Å²) < 4.78 is 0.423. The quantitative estimate of drug-likeness (QED) is 0.161. The average molecular weight is 686 g/mol. The average Bonchev–Trinajstić information content (AvgIpc) is 2.51. The van der Waals surface area contributed by atoms with Crippen molar-refractivity contribution in [2.24, 2.45) is 0 Å². The van der Waals surface area contributed by atoms with Crippen molar-refractivity contribution in [1.29, 1.82) is 0 Å². The lowest BCUT2D eigenvalue weighted by Gasteiger charge is -2.60. The highest BCUT2D eigenvalue weighted by molar-refractivity contribution is 7.64.